The molecule has 0 fully saturated rings. The van der Waals surface area contributed by atoms with Crippen LogP contribution in [0.5, 0.6) is 0 Å². The van der Waals surface area contributed by atoms with E-state index in [1.54, 1.807) is 12.5 Å². The summed E-state index contributed by atoms with van der Waals surface area (Å²) in [4.78, 5) is 0. The lowest BCUT2D eigenvalue weighted by Gasteiger charge is -1.96. The third kappa shape index (κ3) is 0.925. The molecular formula is C9H6ClO. The standard InChI is InChI=1S/C9H6ClO/c1-6-4-9(10)8-5-11-3-2-7(6)8/h2-5H,1H2. The molecule has 0 atom stereocenters. The lowest BCUT2D eigenvalue weighted by molar-refractivity contribution is 0.552. The number of rotatable bonds is 0. The first-order chi connectivity index (χ1) is 5.29. The fourth-order valence-corrected chi connectivity index (χ4v) is 1.42. The second-order valence-electron chi connectivity index (χ2n) is 2.40. The molecule has 0 unspecified atom stereocenters. The molecule has 0 spiro atoms. The normalized spacial score (nSPS) is 10.7. The van der Waals surface area contributed by atoms with Crippen molar-refractivity contribution in [2.24, 2.45) is 0 Å². The summed E-state index contributed by atoms with van der Waals surface area (Å²) in [5.41, 5.74) is 2.93. The van der Waals surface area contributed by atoms with Gasteiger partial charge in [-0.3, -0.25) is 0 Å². The van der Waals surface area contributed by atoms with Gasteiger partial charge in [-0.2, -0.15) is 0 Å². The molecule has 2 rings (SSSR count). The fourth-order valence-electron chi connectivity index (χ4n) is 1.14. The Kier molecular flexibility index (Phi) is 1.40. The highest BCUT2D eigenvalue weighted by Crippen LogP contribution is 2.34. The zero-order valence-electron chi connectivity index (χ0n) is 5.80. The van der Waals surface area contributed by atoms with Gasteiger partial charge in [-0.1, -0.05) is 11.6 Å². The van der Waals surface area contributed by atoms with Crippen molar-refractivity contribution in [1.82, 2.24) is 0 Å². The second kappa shape index (κ2) is 2.28. The van der Waals surface area contributed by atoms with E-state index >= 15 is 0 Å². The Hall–Kier alpha value is -0.950. The van der Waals surface area contributed by atoms with Crippen LogP contribution in [0.1, 0.15) is 5.56 Å². The minimum absolute atomic E-state index is 0.703. The minimum atomic E-state index is 0.703. The van der Waals surface area contributed by atoms with Gasteiger partial charge in [0.25, 0.3) is 0 Å². The lowest BCUT2D eigenvalue weighted by atomic mass is 10.1. The van der Waals surface area contributed by atoms with Crippen molar-refractivity contribution < 1.29 is 4.42 Å². The van der Waals surface area contributed by atoms with E-state index in [4.69, 9.17) is 16.0 Å². The van der Waals surface area contributed by atoms with E-state index in [-0.39, 0.29) is 0 Å². The molecule has 55 valence electrons. The zero-order chi connectivity index (χ0) is 7.84. The van der Waals surface area contributed by atoms with Gasteiger partial charge in [-0.25, -0.2) is 0 Å². The number of hydrogen-bond acceptors (Lipinski definition) is 1. The molecular weight excluding hydrogens is 160 g/mol. The van der Waals surface area contributed by atoms with Gasteiger partial charge in [0, 0.05) is 5.56 Å². The summed E-state index contributed by atoms with van der Waals surface area (Å²) in [5, 5.41) is 0.703. The van der Waals surface area contributed by atoms with Gasteiger partial charge in [0.15, 0.2) is 0 Å². The zero-order valence-corrected chi connectivity index (χ0v) is 6.56. The first kappa shape index (κ1) is 6.74. The molecule has 11 heavy (non-hydrogen) atoms. The average molecular weight is 166 g/mol. The van der Waals surface area contributed by atoms with Gasteiger partial charge in [0.2, 0.25) is 0 Å². The summed E-state index contributed by atoms with van der Waals surface area (Å²) in [7, 11) is 0. The van der Waals surface area contributed by atoms with Crippen LogP contribution in [0, 0.1) is 6.92 Å². The highest BCUT2D eigenvalue weighted by molar-refractivity contribution is 6.34. The van der Waals surface area contributed by atoms with Gasteiger partial charge in [0.05, 0.1) is 17.5 Å². The van der Waals surface area contributed by atoms with Crippen LogP contribution in [0.15, 0.2) is 29.1 Å². The predicted octanol–water partition coefficient (Wildman–Crippen LogP) is 3.22. The van der Waals surface area contributed by atoms with Gasteiger partial charge in [0.1, 0.15) is 0 Å². The summed E-state index contributed by atoms with van der Waals surface area (Å²) >= 11 is 5.88. The van der Waals surface area contributed by atoms with E-state index < -0.39 is 0 Å². The largest absolute Gasteiger partial charge is 0.472 e. The van der Waals surface area contributed by atoms with Gasteiger partial charge >= 0.3 is 0 Å². The molecule has 0 aromatic heterocycles. The summed E-state index contributed by atoms with van der Waals surface area (Å²) in [6.07, 6.45) is 3.25. The van der Waals surface area contributed by atoms with Crippen LogP contribution in [-0.4, -0.2) is 0 Å². The molecule has 0 bridgehead atoms. The maximum atomic E-state index is 5.88. The Morgan fingerprint density at radius 1 is 1.36 bits per heavy atom. The Bertz CT molecular complexity index is 318. The van der Waals surface area contributed by atoms with E-state index in [9.17, 15) is 0 Å². The van der Waals surface area contributed by atoms with Crippen molar-refractivity contribution in [2.75, 3.05) is 0 Å². The van der Waals surface area contributed by atoms with Crippen molar-refractivity contribution in [2.45, 2.75) is 0 Å². The van der Waals surface area contributed by atoms with Crippen LogP contribution < -0.4 is 0 Å². The first-order valence-corrected chi connectivity index (χ1v) is 3.63. The Balaban J connectivity index is 2.81. The summed E-state index contributed by atoms with van der Waals surface area (Å²) < 4.78 is 4.97. The van der Waals surface area contributed by atoms with Crippen LogP contribution in [0.3, 0.4) is 0 Å². The number of fused-ring (bicyclic) bond motifs is 1. The van der Waals surface area contributed by atoms with Gasteiger partial charge in [-0.05, 0) is 30.2 Å². The van der Waals surface area contributed by atoms with E-state index in [0.717, 1.165) is 16.7 Å². The van der Waals surface area contributed by atoms with Crippen molar-refractivity contribution >= 4 is 11.6 Å². The lowest BCUT2D eigenvalue weighted by Crippen LogP contribution is -1.73. The quantitative estimate of drug-likeness (QED) is 0.584. The molecule has 0 aromatic rings. The molecule has 1 aliphatic heterocycles. The average Bonchev–Trinajstić information content (AvgIpc) is 2.30. The van der Waals surface area contributed by atoms with Crippen molar-refractivity contribution in [3.05, 3.63) is 42.2 Å². The highest BCUT2D eigenvalue weighted by atomic mass is 35.5. The highest BCUT2D eigenvalue weighted by Gasteiger charge is 2.10. The molecule has 0 saturated heterocycles. The van der Waals surface area contributed by atoms with Gasteiger partial charge in [-0.15, -0.1) is 0 Å². The Labute approximate surface area is 69.9 Å². The molecule has 1 aliphatic carbocycles. The number of halogens is 1. The van der Waals surface area contributed by atoms with Crippen molar-refractivity contribution in [3.8, 4) is 11.1 Å². The van der Waals surface area contributed by atoms with Crippen LogP contribution in [0.4, 0.5) is 0 Å². The molecule has 1 nitrogen and oxygen atoms in total. The fraction of sp³-hybridized carbons (Fsp3) is 0. The Morgan fingerprint density at radius 2 is 2.18 bits per heavy atom. The third-order valence-electron chi connectivity index (χ3n) is 1.69. The van der Waals surface area contributed by atoms with Crippen LogP contribution in [0.25, 0.3) is 11.1 Å². The molecule has 1 radical (unpaired) electrons. The van der Waals surface area contributed by atoms with Crippen LogP contribution in [0.2, 0.25) is 5.02 Å². The van der Waals surface area contributed by atoms with E-state index in [2.05, 4.69) is 6.92 Å². The summed E-state index contributed by atoms with van der Waals surface area (Å²) in [6, 6.07) is 3.70. The SMILES string of the molecule is [CH2]c1cc(Cl)c2coccc1-2. The maximum Gasteiger partial charge on any atom is 0.0994 e. The molecule has 0 amide bonds. The molecule has 2 heteroatoms. The number of hydrogen-bond donors (Lipinski definition) is 0. The molecule has 0 N–H and O–H groups in total. The molecule has 0 aromatic carbocycles. The van der Waals surface area contributed by atoms with Crippen LogP contribution >= 0.6 is 11.6 Å². The first-order valence-electron chi connectivity index (χ1n) is 3.25. The third-order valence-corrected chi connectivity index (χ3v) is 2.01. The summed E-state index contributed by atoms with van der Waals surface area (Å²) in [6.45, 7) is 3.84. The van der Waals surface area contributed by atoms with E-state index in [1.807, 2.05) is 12.1 Å². The van der Waals surface area contributed by atoms with Crippen molar-refractivity contribution in [1.29, 1.82) is 0 Å². The Morgan fingerprint density at radius 3 is 2.91 bits per heavy atom. The van der Waals surface area contributed by atoms with Crippen molar-refractivity contribution in [3.63, 3.8) is 0 Å². The topological polar surface area (TPSA) is 13.1 Å². The van der Waals surface area contributed by atoms with Gasteiger partial charge < -0.3 is 4.42 Å². The van der Waals surface area contributed by atoms with Crippen LogP contribution in [-0.2, 0) is 0 Å². The molecule has 0 saturated carbocycles. The monoisotopic (exact) mass is 165 g/mol. The predicted molar refractivity (Wildman–Crippen MR) is 44.8 cm³/mol. The minimum Gasteiger partial charge on any atom is -0.472 e. The second-order valence-corrected chi connectivity index (χ2v) is 2.81. The molecule has 2 aliphatic rings. The maximum absolute atomic E-state index is 5.88. The molecule has 1 heterocycles. The smallest absolute Gasteiger partial charge is 0.0994 e. The van der Waals surface area contributed by atoms with E-state index in [1.165, 1.54) is 0 Å². The van der Waals surface area contributed by atoms with E-state index in [0.29, 0.717) is 5.02 Å². The summed E-state index contributed by atoms with van der Waals surface area (Å²) in [5.74, 6) is 0.